The van der Waals surface area contributed by atoms with Gasteiger partial charge in [-0.05, 0) is 37.8 Å². The fourth-order valence-electron chi connectivity index (χ4n) is 0.984. The summed E-state index contributed by atoms with van der Waals surface area (Å²) in [6, 6.07) is 0. The van der Waals surface area contributed by atoms with Gasteiger partial charge in [0.2, 0.25) is 0 Å². The van der Waals surface area contributed by atoms with Crippen LogP contribution in [0.2, 0.25) is 0 Å². The molecular formula is C10H23O3PS2. The molecule has 0 unspecified atom stereocenters. The molecule has 16 heavy (non-hydrogen) atoms. The molecule has 0 saturated carbocycles. The molecule has 0 fully saturated rings. The highest BCUT2D eigenvalue weighted by Gasteiger charge is 2.18. The third-order valence-corrected chi connectivity index (χ3v) is 5.32. The van der Waals surface area contributed by atoms with Gasteiger partial charge in [-0.2, -0.15) is 11.8 Å². The molecule has 0 bridgehead atoms. The molecule has 0 heterocycles. The third-order valence-electron chi connectivity index (χ3n) is 1.69. The van der Waals surface area contributed by atoms with Gasteiger partial charge in [0.15, 0.2) is 0 Å². The molecule has 0 radical (unpaired) electrons. The van der Waals surface area contributed by atoms with Gasteiger partial charge < -0.3 is 13.6 Å². The lowest BCUT2D eigenvalue weighted by Crippen LogP contribution is -2.02. The Bertz CT molecular complexity index is 193. The summed E-state index contributed by atoms with van der Waals surface area (Å²) in [6.45, 7) is 5.25. The molecule has 0 aromatic heterocycles. The maximum atomic E-state index is 5.55. The number of hydrogen-bond donors (Lipinski definition) is 0. The summed E-state index contributed by atoms with van der Waals surface area (Å²) in [5.74, 6) is 2.14. The van der Waals surface area contributed by atoms with Crippen molar-refractivity contribution in [2.45, 2.75) is 33.6 Å². The van der Waals surface area contributed by atoms with Crippen molar-refractivity contribution in [1.82, 2.24) is 0 Å². The minimum Gasteiger partial charge on any atom is -0.309 e. The molecule has 0 atom stereocenters. The van der Waals surface area contributed by atoms with Gasteiger partial charge in [-0.15, -0.1) is 0 Å². The smallest absolute Gasteiger partial charge is 0.309 e. The van der Waals surface area contributed by atoms with Crippen molar-refractivity contribution >= 4 is 30.3 Å². The van der Waals surface area contributed by atoms with E-state index < -0.39 is 6.72 Å². The van der Waals surface area contributed by atoms with Gasteiger partial charge in [0.25, 0.3) is 0 Å². The summed E-state index contributed by atoms with van der Waals surface area (Å²) >= 11 is 7.13. The molecule has 0 spiro atoms. The van der Waals surface area contributed by atoms with Gasteiger partial charge >= 0.3 is 6.72 Å². The zero-order valence-electron chi connectivity index (χ0n) is 10.4. The topological polar surface area (TPSA) is 27.7 Å². The van der Waals surface area contributed by atoms with E-state index in [9.17, 15) is 0 Å². The average Bonchev–Trinajstić information content (AvgIpc) is 2.24. The van der Waals surface area contributed by atoms with E-state index in [2.05, 4.69) is 6.92 Å². The van der Waals surface area contributed by atoms with Crippen LogP contribution in [0.4, 0.5) is 0 Å². The maximum absolute atomic E-state index is 5.55. The van der Waals surface area contributed by atoms with Gasteiger partial charge in [-0.3, -0.25) is 0 Å². The Morgan fingerprint density at radius 2 is 1.62 bits per heavy atom. The standard InChI is InChI=1S/C10H23O3PS2/c1-4-7-9-16-10-8-13-14(15,11-5-2)12-6-3/h4-10H2,1-3H3. The summed E-state index contributed by atoms with van der Waals surface area (Å²) in [5, 5.41) is 0. The molecule has 98 valence electrons. The summed E-state index contributed by atoms with van der Waals surface area (Å²) < 4.78 is 16.3. The van der Waals surface area contributed by atoms with Gasteiger partial charge in [-0.1, -0.05) is 13.3 Å². The van der Waals surface area contributed by atoms with Gasteiger partial charge in [-0.25, -0.2) is 0 Å². The van der Waals surface area contributed by atoms with Gasteiger partial charge in [0.1, 0.15) is 0 Å². The van der Waals surface area contributed by atoms with E-state index in [0.717, 1.165) is 5.75 Å². The Labute approximate surface area is 109 Å². The minimum absolute atomic E-state index is 0.542. The van der Waals surface area contributed by atoms with Crippen molar-refractivity contribution in [3.63, 3.8) is 0 Å². The fourth-order valence-corrected chi connectivity index (χ4v) is 4.03. The molecule has 0 saturated heterocycles. The first kappa shape index (κ1) is 16.9. The molecule has 3 nitrogen and oxygen atoms in total. The van der Waals surface area contributed by atoms with E-state index in [0.29, 0.717) is 19.8 Å². The molecule has 0 aromatic rings. The molecule has 0 aliphatic carbocycles. The van der Waals surface area contributed by atoms with Crippen molar-refractivity contribution in [3.05, 3.63) is 0 Å². The van der Waals surface area contributed by atoms with Crippen LogP contribution in [0, 0.1) is 0 Å². The Morgan fingerprint density at radius 1 is 1.00 bits per heavy atom. The van der Waals surface area contributed by atoms with Crippen LogP contribution < -0.4 is 0 Å². The van der Waals surface area contributed by atoms with Gasteiger partial charge in [0.05, 0.1) is 19.8 Å². The van der Waals surface area contributed by atoms with Crippen molar-refractivity contribution in [2.75, 3.05) is 31.3 Å². The highest BCUT2D eigenvalue weighted by atomic mass is 32.5. The highest BCUT2D eigenvalue weighted by Crippen LogP contribution is 2.49. The minimum atomic E-state index is -2.45. The maximum Gasteiger partial charge on any atom is 0.327 e. The van der Waals surface area contributed by atoms with E-state index in [4.69, 9.17) is 25.4 Å². The summed E-state index contributed by atoms with van der Waals surface area (Å²) in [5.41, 5.74) is 0. The van der Waals surface area contributed by atoms with Crippen LogP contribution in [0.1, 0.15) is 33.6 Å². The lowest BCUT2D eigenvalue weighted by atomic mass is 10.4. The third kappa shape index (κ3) is 8.97. The lowest BCUT2D eigenvalue weighted by molar-refractivity contribution is 0.174. The van der Waals surface area contributed by atoms with Gasteiger partial charge in [0, 0.05) is 5.75 Å². The van der Waals surface area contributed by atoms with Crippen LogP contribution in [-0.2, 0) is 25.4 Å². The second kappa shape index (κ2) is 11.0. The predicted octanol–water partition coefficient (Wildman–Crippen LogP) is 3.83. The largest absolute Gasteiger partial charge is 0.327 e. The molecular weight excluding hydrogens is 263 g/mol. The van der Waals surface area contributed by atoms with Crippen LogP contribution in [-0.4, -0.2) is 31.3 Å². The van der Waals surface area contributed by atoms with Crippen LogP contribution in [0.3, 0.4) is 0 Å². The number of unbranched alkanes of at least 4 members (excludes halogenated alkanes) is 1. The fraction of sp³-hybridized carbons (Fsp3) is 1.00. The van der Waals surface area contributed by atoms with E-state index in [1.54, 1.807) is 0 Å². The Morgan fingerprint density at radius 3 is 2.12 bits per heavy atom. The van der Waals surface area contributed by atoms with Crippen molar-refractivity contribution in [3.8, 4) is 0 Å². The molecule has 0 aromatic carbocycles. The second-order valence-electron chi connectivity index (χ2n) is 3.08. The van der Waals surface area contributed by atoms with Crippen molar-refractivity contribution < 1.29 is 13.6 Å². The normalized spacial score (nSPS) is 11.9. The molecule has 0 amide bonds. The first-order valence-corrected chi connectivity index (χ1v) is 9.51. The zero-order chi connectivity index (χ0) is 12.3. The Kier molecular flexibility index (Phi) is 11.6. The molecule has 0 aliphatic rings. The van der Waals surface area contributed by atoms with Crippen LogP contribution >= 0.6 is 18.5 Å². The van der Waals surface area contributed by atoms with E-state index in [1.807, 2.05) is 25.6 Å². The van der Waals surface area contributed by atoms with E-state index >= 15 is 0 Å². The lowest BCUT2D eigenvalue weighted by Gasteiger charge is -2.20. The van der Waals surface area contributed by atoms with Crippen LogP contribution in [0.5, 0.6) is 0 Å². The first-order valence-electron chi connectivity index (χ1n) is 5.79. The SMILES string of the molecule is CCCCSCCOP(=S)(OCC)OCC. The second-order valence-corrected chi connectivity index (χ2v) is 7.32. The highest BCUT2D eigenvalue weighted by molar-refractivity contribution is 8.07. The molecule has 0 aliphatic heterocycles. The Balaban J connectivity index is 3.64. The van der Waals surface area contributed by atoms with E-state index in [1.165, 1.54) is 18.6 Å². The monoisotopic (exact) mass is 286 g/mol. The van der Waals surface area contributed by atoms with Crippen molar-refractivity contribution in [2.24, 2.45) is 0 Å². The first-order chi connectivity index (χ1) is 7.68. The number of thioether (sulfide) groups is 1. The summed E-state index contributed by atoms with van der Waals surface area (Å²) in [7, 11) is 0. The van der Waals surface area contributed by atoms with Crippen LogP contribution in [0.15, 0.2) is 0 Å². The molecule has 0 N–H and O–H groups in total. The predicted molar refractivity (Wildman–Crippen MR) is 75.7 cm³/mol. The summed E-state index contributed by atoms with van der Waals surface area (Å²) in [4.78, 5) is 0. The quantitative estimate of drug-likeness (QED) is 0.425. The average molecular weight is 286 g/mol. The number of rotatable bonds is 11. The van der Waals surface area contributed by atoms with Crippen LogP contribution in [0.25, 0.3) is 0 Å². The van der Waals surface area contributed by atoms with Crippen molar-refractivity contribution in [1.29, 1.82) is 0 Å². The van der Waals surface area contributed by atoms with E-state index in [-0.39, 0.29) is 0 Å². The molecule has 0 rings (SSSR count). The zero-order valence-corrected chi connectivity index (χ0v) is 13.0. The molecule has 6 heteroatoms. The number of hydrogen-bond acceptors (Lipinski definition) is 5. The summed E-state index contributed by atoms with van der Waals surface area (Å²) in [6.07, 6.45) is 2.50. The Hall–Kier alpha value is 0.880.